The molecule has 1 aliphatic rings. The van der Waals surface area contributed by atoms with Crippen molar-refractivity contribution in [2.45, 2.75) is 51.8 Å². The highest BCUT2D eigenvalue weighted by Gasteiger charge is 2.58. The van der Waals surface area contributed by atoms with Gasteiger partial charge in [-0.2, -0.15) is 13.2 Å². The van der Waals surface area contributed by atoms with Crippen molar-refractivity contribution in [2.24, 2.45) is 5.41 Å². The van der Waals surface area contributed by atoms with E-state index in [4.69, 9.17) is 0 Å². The van der Waals surface area contributed by atoms with Gasteiger partial charge in [-0.15, -0.1) is 11.3 Å². The molecule has 0 saturated carbocycles. The van der Waals surface area contributed by atoms with Gasteiger partial charge in [0.25, 0.3) is 0 Å². The van der Waals surface area contributed by atoms with Crippen molar-refractivity contribution in [3.63, 3.8) is 0 Å². The summed E-state index contributed by atoms with van der Waals surface area (Å²) < 4.78 is 40.5. The molecule has 0 radical (unpaired) electrons. The first-order valence-corrected chi connectivity index (χ1v) is 10.0. The molecule has 6 nitrogen and oxygen atoms in total. The predicted octanol–water partition coefficient (Wildman–Crippen LogP) is 3.84. The van der Waals surface area contributed by atoms with Gasteiger partial charge in [0.15, 0.2) is 10.9 Å². The summed E-state index contributed by atoms with van der Waals surface area (Å²) in [5, 5.41) is 13.3. The Morgan fingerprint density at radius 1 is 1.32 bits per heavy atom. The topological polar surface area (TPSA) is 92.2 Å². The van der Waals surface area contributed by atoms with Crippen LogP contribution in [-0.2, 0) is 16.8 Å². The van der Waals surface area contributed by atoms with Gasteiger partial charge >= 0.3 is 6.18 Å². The van der Waals surface area contributed by atoms with Gasteiger partial charge in [0, 0.05) is 17.5 Å². The number of thiazole rings is 2. The zero-order chi connectivity index (χ0) is 20.9. The number of carbonyl (C=O) groups is 2. The number of amides is 1. The maximum atomic E-state index is 13.5. The van der Waals surface area contributed by atoms with Crippen LogP contribution in [0, 0.1) is 12.3 Å². The van der Waals surface area contributed by atoms with Crippen LogP contribution in [0.2, 0.25) is 0 Å². The molecule has 2 aromatic heterocycles. The lowest BCUT2D eigenvalue weighted by Gasteiger charge is -2.27. The first-order valence-electron chi connectivity index (χ1n) is 8.35. The molecule has 11 heteroatoms. The number of Topliss-reactive ketones (excluding diaryl/α,β-unsaturated/α-hetero) is 1. The van der Waals surface area contributed by atoms with Crippen LogP contribution < -0.4 is 5.32 Å². The van der Waals surface area contributed by atoms with Crippen LogP contribution in [0.1, 0.15) is 52.8 Å². The average Bonchev–Trinajstić information content (AvgIpc) is 3.11. The van der Waals surface area contributed by atoms with Gasteiger partial charge in [0.2, 0.25) is 11.5 Å². The number of aliphatic hydroxyl groups is 1. The number of aromatic nitrogens is 2. The van der Waals surface area contributed by atoms with E-state index in [-0.39, 0.29) is 16.3 Å². The Balaban J connectivity index is 1.81. The Morgan fingerprint density at radius 2 is 2.00 bits per heavy atom. The minimum absolute atomic E-state index is 0.0425. The summed E-state index contributed by atoms with van der Waals surface area (Å²) in [6.07, 6.45) is -5.47. The van der Waals surface area contributed by atoms with Crippen LogP contribution in [0.25, 0.3) is 0 Å². The van der Waals surface area contributed by atoms with Crippen LogP contribution >= 0.6 is 22.7 Å². The van der Waals surface area contributed by atoms with Crippen molar-refractivity contribution in [3.8, 4) is 0 Å². The van der Waals surface area contributed by atoms with Crippen molar-refractivity contribution in [1.82, 2.24) is 9.97 Å². The fourth-order valence-corrected chi connectivity index (χ4v) is 4.86. The van der Waals surface area contributed by atoms with Crippen molar-refractivity contribution >= 4 is 39.5 Å². The van der Waals surface area contributed by atoms with E-state index in [0.717, 1.165) is 11.3 Å². The molecule has 0 bridgehead atoms. The number of halogens is 3. The van der Waals surface area contributed by atoms with Crippen molar-refractivity contribution in [3.05, 3.63) is 26.7 Å². The molecule has 1 aliphatic carbocycles. The molecule has 0 saturated heterocycles. The van der Waals surface area contributed by atoms with Gasteiger partial charge in [-0.25, -0.2) is 9.97 Å². The van der Waals surface area contributed by atoms with Crippen LogP contribution in [0.15, 0.2) is 5.38 Å². The van der Waals surface area contributed by atoms with Crippen LogP contribution in [-0.4, -0.2) is 32.9 Å². The molecule has 3 rings (SSSR count). The predicted molar refractivity (Wildman–Crippen MR) is 98.6 cm³/mol. The number of aryl methyl sites for hydroxylation is 1. The molecule has 2 aromatic rings. The minimum atomic E-state index is -5.09. The number of hydrogen-bond donors (Lipinski definition) is 2. The molecule has 2 N–H and O–H groups in total. The highest BCUT2D eigenvalue weighted by molar-refractivity contribution is 7.17. The third-order valence-electron chi connectivity index (χ3n) is 4.34. The lowest BCUT2D eigenvalue weighted by atomic mass is 9.78. The number of ketones is 1. The van der Waals surface area contributed by atoms with Gasteiger partial charge in [-0.05, 0) is 18.8 Å². The molecule has 28 heavy (non-hydrogen) atoms. The summed E-state index contributed by atoms with van der Waals surface area (Å²) in [6.45, 7) is 5.34. The van der Waals surface area contributed by atoms with E-state index >= 15 is 0 Å². The van der Waals surface area contributed by atoms with E-state index in [1.165, 1.54) is 12.3 Å². The van der Waals surface area contributed by atoms with E-state index in [1.54, 1.807) is 0 Å². The number of carbonyl (C=O) groups excluding carboxylic acids is 2. The summed E-state index contributed by atoms with van der Waals surface area (Å²) in [5.41, 5.74) is -2.82. The third kappa shape index (κ3) is 3.96. The van der Waals surface area contributed by atoms with Gasteiger partial charge in [0.1, 0.15) is 5.01 Å². The lowest BCUT2D eigenvalue weighted by molar-refractivity contribution is -0.266. The summed E-state index contributed by atoms with van der Waals surface area (Å²) >= 11 is 1.57. The SMILES string of the molecule is Cc1csc([C@@](O)(CC(=O)Nc2nc3c(s2)C(=O)CC(C)(C)C3)C(F)(F)F)n1. The second-order valence-corrected chi connectivity index (χ2v) is 9.47. The van der Waals surface area contributed by atoms with Crippen LogP contribution in [0.4, 0.5) is 18.3 Å². The molecular formula is C17H18F3N3O3S2. The Labute approximate surface area is 166 Å². The lowest BCUT2D eigenvalue weighted by Crippen LogP contribution is -2.45. The Morgan fingerprint density at radius 3 is 2.57 bits per heavy atom. The average molecular weight is 433 g/mol. The fraction of sp³-hybridized carbons (Fsp3) is 0.529. The van der Waals surface area contributed by atoms with Crippen LogP contribution in [0.3, 0.4) is 0 Å². The highest BCUT2D eigenvalue weighted by atomic mass is 32.1. The molecule has 0 spiro atoms. The van der Waals surface area contributed by atoms with Gasteiger partial charge in [0.05, 0.1) is 17.0 Å². The summed E-state index contributed by atoms with van der Waals surface area (Å²) in [7, 11) is 0. The van der Waals surface area contributed by atoms with Crippen molar-refractivity contribution in [2.75, 3.05) is 5.32 Å². The second kappa shape index (κ2) is 6.89. The largest absolute Gasteiger partial charge is 0.424 e. The zero-order valence-corrected chi connectivity index (χ0v) is 16.9. The first kappa shape index (κ1) is 20.9. The number of nitrogens with zero attached hydrogens (tertiary/aromatic N) is 2. The Kier molecular flexibility index (Phi) is 5.13. The second-order valence-electron chi connectivity index (χ2n) is 7.61. The monoisotopic (exact) mass is 433 g/mol. The van der Waals surface area contributed by atoms with E-state index < -0.39 is 29.1 Å². The number of anilines is 1. The quantitative estimate of drug-likeness (QED) is 0.764. The molecule has 1 atom stereocenters. The number of rotatable bonds is 4. The Hall–Kier alpha value is -1.85. The highest BCUT2D eigenvalue weighted by Crippen LogP contribution is 2.43. The maximum absolute atomic E-state index is 13.5. The molecule has 0 fully saturated rings. The molecule has 152 valence electrons. The van der Waals surface area contributed by atoms with E-state index in [0.29, 0.717) is 40.4 Å². The van der Waals surface area contributed by atoms with E-state index in [1.807, 2.05) is 13.8 Å². The van der Waals surface area contributed by atoms with E-state index in [2.05, 4.69) is 15.3 Å². The minimum Gasteiger partial charge on any atom is -0.374 e. The van der Waals surface area contributed by atoms with Gasteiger partial charge in [-0.1, -0.05) is 25.2 Å². The van der Waals surface area contributed by atoms with Crippen LogP contribution in [0.5, 0.6) is 0 Å². The standard InChI is InChI=1S/C17H18F3N3O3S2/c1-8-7-27-13(21-8)16(26,17(18,19)20)6-11(25)23-14-22-9-4-15(2,3)5-10(24)12(9)28-14/h7,26H,4-6H2,1-3H3,(H,22,23,25)/t16-/m0/s1. The number of fused-ring (bicyclic) bond motifs is 1. The molecule has 0 unspecified atom stereocenters. The normalized spacial score (nSPS) is 18.5. The Bertz CT molecular complexity index is 936. The fourth-order valence-electron chi connectivity index (χ4n) is 3.01. The first-order chi connectivity index (χ1) is 12.8. The number of hydrogen-bond acceptors (Lipinski definition) is 7. The van der Waals surface area contributed by atoms with Gasteiger partial charge in [-0.3, -0.25) is 9.59 Å². The molecule has 1 amide bonds. The molecule has 2 heterocycles. The summed E-state index contributed by atoms with van der Waals surface area (Å²) in [4.78, 5) is 32.8. The zero-order valence-electron chi connectivity index (χ0n) is 15.3. The molecule has 0 aromatic carbocycles. The maximum Gasteiger partial charge on any atom is 0.424 e. The third-order valence-corrected chi connectivity index (χ3v) is 6.51. The number of alkyl halides is 3. The van der Waals surface area contributed by atoms with Crippen molar-refractivity contribution in [1.29, 1.82) is 0 Å². The van der Waals surface area contributed by atoms with Crippen molar-refractivity contribution < 1.29 is 27.9 Å². The molecule has 0 aliphatic heterocycles. The summed E-state index contributed by atoms with van der Waals surface area (Å²) in [5.74, 6) is -1.17. The molecular weight excluding hydrogens is 415 g/mol. The summed E-state index contributed by atoms with van der Waals surface area (Å²) in [6, 6.07) is 0. The smallest absolute Gasteiger partial charge is 0.374 e. The van der Waals surface area contributed by atoms with E-state index in [9.17, 15) is 27.9 Å². The number of nitrogens with one attached hydrogen (secondary N) is 1. The van der Waals surface area contributed by atoms with Gasteiger partial charge < -0.3 is 10.4 Å².